The van der Waals surface area contributed by atoms with Crippen LogP contribution >= 0.6 is 23.2 Å². The number of benzene rings is 1. The number of hydrogen-bond donors (Lipinski definition) is 2. The zero-order valence-corrected chi connectivity index (χ0v) is 13.1. The summed E-state index contributed by atoms with van der Waals surface area (Å²) < 4.78 is 27.7. The predicted octanol–water partition coefficient (Wildman–Crippen LogP) is 2.55. The van der Waals surface area contributed by atoms with Gasteiger partial charge in [0.05, 0.1) is 10.0 Å². The van der Waals surface area contributed by atoms with Gasteiger partial charge in [0, 0.05) is 18.1 Å². The van der Waals surface area contributed by atoms with Gasteiger partial charge in [-0.05, 0) is 37.8 Å². The number of fused-ring (bicyclic) bond motifs is 2. The number of piperidine rings is 1. The van der Waals surface area contributed by atoms with E-state index in [-0.39, 0.29) is 21.0 Å². The van der Waals surface area contributed by atoms with Crippen LogP contribution in [-0.2, 0) is 10.0 Å². The van der Waals surface area contributed by atoms with E-state index in [0.717, 1.165) is 25.7 Å². The Morgan fingerprint density at radius 1 is 1.10 bits per heavy atom. The van der Waals surface area contributed by atoms with E-state index in [9.17, 15) is 8.42 Å². The fourth-order valence-electron chi connectivity index (χ4n) is 3.17. The van der Waals surface area contributed by atoms with Gasteiger partial charge < -0.3 is 5.32 Å². The Bertz CT molecular complexity index is 589. The summed E-state index contributed by atoms with van der Waals surface area (Å²) in [4.78, 5) is -0.0192. The van der Waals surface area contributed by atoms with E-state index in [0.29, 0.717) is 12.1 Å². The molecule has 2 unspecified atom stereocenters. The third-order valence-electron chi connectivity index (χ3n) is 3.98. The Morgan fingerprint density at radius 3 is 2.20 bits per heavy atom. The molecule has 0 amide bonds. The molecule has 1 aromatic carbocycles. The summed E-state index contributed by atoms with van der Waals surface area (Å²) in [6.07, 6.45) is 3.88. The molecule has 2 aliphatic heterocycles. The first-order valence-electron chi connectivity index (χ1n) is 6.68. The minimum Gasteiger partial charge on any atom is -0.311 e. The molecule has 2 saturated heterocycles. The second-order valence-corrected chi connectivity index (χ2v) is 7.94. The highest BCUT2D eigenvalue weighted by Crippen LogP contribution is 2.31. The van der Waals surface area contributed by atoms with Crippen LogP contribution in [0.3, 0.4) is 0 Å². The molecule has 2 aliphatic rings. The minimum atomic E-state index is -3.68. The Balaban J connectivity index is 1.82. The molecule has 7 heteroatoms. The average molecular weight is 335 g/mol. The molecule has 2 heterocycles. The maximum Gasteiger partial charge on any atom is 0.243 e. The van der Waals surface area contributed by atoms with Crippen molar-refractivity contribution >= 4 is 33.2 Å². The van der Waals surface area contributed by atoms with Gasteiger partial charge in [-0.2, -0.15) is 0 Å². The summed E-state index contributed by atoms with van der Waals surface area (Å²) in [6, 6.07) is 5.49. The number of nitrogens with one attached hydrogen (secondary N) is 2. The van der Waals surface area contributed by atoms with Crippen molar-refractivity contribution in [3.05, 3.63) is 28.2 Å². The highest BCUT2D eigenvalue weighted by atomic mass is 35.5. The van der Waals surface area contributed by atoms with Crippen molar-refractivity contribution in [3.63, 3.8) is 0 Å². The van der Waals surface area contributed by atoms with E-state index >= 15 is 0 Å². The summed E-state index contributed by atoms with van der Waals surface area (Å²) in [5, 5.41) is 3.79. The van der Waals surface area contributed by atoms with Gasteiger partial charge in [0.1, 0.15) is 4.90 Å². The van der Waals surface area contributed by atoms with E-state index in [1.54, 1.807) is 6.07 Å². The minimum absolute atomic E-state index is 0.0192. The maximum atomic E-state index is 12.5. The third-order valence-corrected chi connectivity index (χ3v) is 6.46. The standard InChI is InChI=1S/C13H16Cl2N2O2S/c14-11-2-1-3-12(15)13(11)20(18,19)17-10-6-8-4-5-9(7-10)16-8/h1-3,8-10,16-17H,4-7H2. The van der Waals surface area contributed by atoms with Crippen LogP contribution < -0.4 is 10.0 Å². The predicted molar refractivity (Wildman–Crippen MR) is 79.8 cm³/mol. The third kappa shape index (κ3) is 2.83. The van der Waals surface area contributed by atoms with Crippen LogP contribution in [0.4, 0.5) is 0 Å². The lowest BCUT2D eigenvalue weighted by Gasteiger charge is -2.29. The quantitative estimate of drug-likeness (QED) is 0.893. The lowest BCUT2D eigenvalue weighted by molar-refractivity contribution is 0.345. The van der Waals surface area contributed by atoms with Crippen molar-refractivity contribution < 1.29 is 8.42 Å². The molecule has 0 spiro atoms. The van der Waals surface area contributed by atoms with E-state index < -0.39 is 10.0 Å². The van der Waals surface area contributed by atoms with Gasteiger partial charge in [0.15, 0.2) is 0 Å². The van der Waals surface area contributed by atoms with Crippen LogP contribution in [0.25, 0.3) is 0 Å². The first kappa shape index (κ1) is 14.6. The van der Waals surface area contributed by atoms with Gasteiger partial charge in [0.2, 0.25) is 10.0 Å². The van der Waals surface area contributed by atoms with E-state index in [1.807, 2.05) is 0 Å². The average Bonchev–Trinajstić information content (AvgIpc) is 2.67. The summed E-state index contributed by atoms with van der Waals surface area (Å²) in [7, 11) is -3.68. The number of hydrogen-bond acceptors (Lipinski definition) is 3. The lowest BCUT2D eigenvalue weighted by atomic mass is 10.0. The van der Waals surface area contributed by atoms with Crippen molar-refractivity contribution in [2.24, 2.45) is 0 Å². The highest BCUT2D eigenvalue weighted by molar-refractivity contribution is 7.89. The zero-order valence-electron chi connectivity index (χ0n) is 10.8. The monoisotopic (exact) mass is 334 g/mol. The van der Waals surface area contributed by atoms with E-state index in [4.69, 9.17) is 23.2 Å². The molecule has 2 fully saturated rings. The van der Waals surface area contributed by atoms with Crippen LogP contribution in [0.2, 0.25) is 10.0 Å². The smallest absolute Gasteiger partial charge is 0.243 e. The summed E-state index contributed by atoms with van der Waals surface area (Å²) >= 11 is 12.0. The van der Waals surface area contributed by atoms with Gasteiger partial charge in [-0.1, -0.05) is 29.3 Å². The van der Waals surface area contributed by atoms with Crippen LogP contribution in [0, 0.1) is 0 Å². The molecule has 2 bridgehead atoms. The first-order chi connectivity index (χ1) is 9.45. The fourth-order valence-corrected chi connectivity index (χ4v) is 5.58. The van der Waals surface area contributed by atoms with E-state index in [1.165, 1.54) is 12.1 Å². The van der Waals surface area contributed by atoms with Gasteiger partial charge in [-0.25, -0.2) is 13.1 Å². The second kappa shape index (κ2) is 5.46. The van der Waals surface area contributed by atoms with Crippen molar-refractivity contribution in [3.8, 4) is 0 Å². The number of rotatable bonds is 3. The van der Waals surface area contributed by atoms with Crippen molar-refractivity contribution in [1.82, 2.24) is 10.0 Å². The van der Waals surface area contributed by atoms with Crippen molar-refractivity contribution in [2.75, 3.05) is 0 Å². The highest BCUT2D eigenvalue weighted by Gasteiger charge is 2.36. The lowest BCUT2D eigenvalue weighted by Crippen LogP contribution is -2.48. The first-order valence-corrected chi connectivity index (χ1v) is 8.92. The molecule has 2 N–H and O–H groups in total. The van der Waals surface area contributed by atoms with Crippen LogP contribution in [0.1, 0.15) is 25.7 Å². The van der Waals surface area contributed by atoms with Gasteiger partial charge in [-0.3, -0.25) is 0 Å². The zero-order chi connectivity index (χ0) is 14.3. The SMILES string of the molecule is O=S(=O)(NC1CC2CCC(C1)N2)c1c(Cl)cccc1Cl. The molecule has 0 aliphatic carbocycles. The Morgan fingerprint density at radius 2 is 1.65 bits per heavy atom. The molecule has 0 radical (unpaired) electrons. The summed E-state index contributed by atoms with van der Waals surface area (Å²) in [6.45, 7) is 0. The fraction of sp³-hybridized carbons (Fsp3) is 0.538. The topological polar surface area (TPSA) is 58.2 Å². The van der Waals surface area contributed by atoms with Gasteiger partial charge in [0.25, 0.3) is 0 Å². The maximum absolute atomic E-state index is 12.5. The molecule has 0 aromatic heterocycles. The molecule has 110 valence electrons. The largest absolute Gasteiger partial charge is 0.311 e. The van der Waals surface area contributed by atoms with E-state index in [2.05, 4.69) is 10.0 Å². The van der Waals surface area contributed by atoms with Crippen molar-refractivity contribution in [1.29, 1.82) is 0 Å². The van der Waals surface area contributed by atoms with Crippen LogP contribution in [-0.4, -0.2) is 26.5 Å². The number of halogens is 2. The molecular formula is C13H16Cl2N2O2S. The molecule has 20 heavy (non-hydrogen) atoms. The summed E-state index contributed by atoms with van der Waals surface area (Å²) in [5.74, 6) is 0. The molecular weight excluding hydrogens is 319 g/mol. The molecule has 4 nitrogen and oxygen atoms in total. The normalized spacial score (nSPS) is 29.6. The van der Waals surface area contributed by atoms with Gasteiger partial charge >= 0.3 is 0 Å². The van der Waals surface area contributed by atoms with Crippen LogP contribution in [0.5, 0.6) is 0 Å². The molecule has 0 saturated carbocycles. The Labute approximate surface area is 128 Å². The second-order valence-electron chi connectivity index (χ2n) is 5.48. The summed E-state index contributed by atoms with van der Waals surface area (Å²) in [5.41, 5.74) is 0. The molecule has 1 aromatic rings. The molecule has 3 rings (SSSR count). The Kier molecular flexibility index (Phi) is 3.99. The van der Waals surface area contributed by atoms with Crippen LogP contribution in [0.15, 0.2) is 23.1 Å². The van der Waals surface area contributed by atoms with Gasteiger partial charge in [-0.15, -0.1) is 0 Å². The molecule has 2 atom stereocenters. The Hall–Kier alpha value is -0.330. The number of sulfonamides is 1. The van der Waals surface area contributed by atoms with Crippen molar-refractivity contribution in [2.45, 2.75) is 48.7 Å².